The first-order chi connectivity index (χ1) is 8.12. The fraction of sp³-hybridized carbons (Fsp3) is 0.385. The van der Waals surface area contributed by atoms with E-state index in [1.165, 1.54) is 0 Å². The van der Waals surface area contributed by atoms with Crippen molar-refractivity contribution in [3.8, 4) is 0 Å². The van der Waals surface area contributed by atoms with Gasteiger partial charge in [0.1, 0.15) is 0 Å². The number of imide groups is 1. The minimum absolute atomic E-state index is 0.151. The van der Waals surface area contributed by atoms with Crippen LogP contribution in [0, 0.1) is 0 Å². The summed E-state index contributed by atoms with van der Waals surface area (Å²) in [4.78, 5) is 23.8. The van der Waals surface area contributed by atoms with Gasteiger partial charge < -0.3 is 0 Å². The Balaban J connectivity index is 2.45. The van der Waals surface area contributed by atoms with E-state index >= 15 is 0 Å². The SMILES string of the molecule is CCC1(c2ccccc2)CCC(=O)N(Br)C1=O. The van der Waals surface area contributed by atoms with Crippen molar-refractivity contribution < 1.29 is 9.59 Å². The van der Waals surface area contributed by atoms with Crippen molar-refractivity contribution in [3.63, 3.8) is 0 Å². The van der Waals surface area contributed by atoms with Crippen LogP contribution in [-0.2, 0) is 15.0 Å². The van der Waals surface area contributed by atoms with Gasteiger partial charge in [-0.2, -0.15) is 0 Å². The maximum Gasteiger partial charge on any atom is 0.250 e. The summed E-state index contributed by atoms with van der Waals surface area (Å²) in [7, 11) is 0. The number of rotatable bonds is 2. The summed E-state index contributed by atoms with van der Waals surface area (Å²) in [5.74, 6) is -0.308. The Morgan fingerprint density at radius 2 is 1.94 bits per heavy atom. The normalized spacial score (nSPS) is 25.2. The van der Waals surface area contributed by atoms with Gasteiger partial charge in [-0.3, -0.25) is 9.59 Å². The molecule has 2 amide bonds. The van der Waals surface area contributed by atoms with Crippen LogP contribution in [0.15, 0.2) is 30.3 Å². The number of benzene rings is 1. The number of nitrogens with zero attached hydrogens (tertiary/aromatic N) is 1. The first kappa shape index (κ1) is 12.3. The predicted molar refractivity (Wildman–Crippen MR) is 68.4 cm³/mol. The summed E-state index contributed by atoms with van der Waals surface area (Å²) < 4.78 is 1.09. The molecule has 0 aromatic heterocycles. The molecule has 0 aliphatic carbocycles. The zero-order valence-corrected chi connectivity index (χ0v) is 11.2. The van der Waals surface area contributed by atoms with Crippen molar-refractivity contribution in [2.45, 2.75) is 31.6 Å². The van der Waals surface area contributed by atoms with Gasteiger partial charge in [0.05, 0.1) is 21.6 Å². The molecule has 1 unspecified atom stereocenters. The molecule has 1 saturated heterocycles. The molecule has 17 heavy (non-hydrogen) atoms. The number of piperidine rings is 1. The van der Waals surface area contributed by atoms with Crippen LogP contribution in [0.5, 0.6) is 0 Å². The molecule has 1 aliphatic heterocycles. The topological polar surface area (TPSA) is 37.4 Å². The quantitative estimate of drug-likeness (QED) is 0.621. The summed E-state index contributed by atoms with van der Waals surface area (Å²) in [6, 6.07) is 9.69. The molecular formula is C13H14BrNO2. The Kier molecular flexibility index (Phi) is 3.33. The molecule has 2 rings (SSSR count). The maximum absolute atomic E-state index is 12.3. The Labute approximate surface area is 109 Å². The molecule has 3 nitrogen and oxygen atoms in total. The molecule has 0 saturated carbocycles. The van der Waals surface area contributed by atoms with Gasteiger partial charge in [0.25, 0.3) is 0 Å². The average molecular weight is 296 g/mol. The molecule has 0 bridgehead atoms. The van der Waals surface area contributed by atoms with Gasteiger partial charge in [-0.15, -0.1) is 0 Å². The lowest BCUT2D eigenvalue weighted by atomic mass is 9.72. The number of halogens is 1. The Bertz CT molecular complexity index is 446. The summed E-state index contributed by atoms with van der Waals surface area (Å²) in [5.41, 5.74) is 0.433. The smallest absolute Gasteiger partial charge is 0.250 e. The first-order valence-corrected chi connectivity index (χ1v) is 6.41. The van der Waals surface area contributed by atoms with Gasteiger partial charge in [-0.25, -0.2) is 3.93 Å². The van der Waals surface area contributed by atoms with Crippen LogP contribution in [0.25, 0.3) is 0 Å². The molecule has 1 fully saturated rings. The Morgan fingerprint density at radius 3 is 2.53 bits per heavy atom. The van der Waals surface area contributed by atoms with Crippen LogP contribution in [0.3, 0.4) is 0 Å². The first-order valence-electron chi connectivity index (χ1n) is 5.70. The number of carbonyl (C=O) groups excluding carboxylic acids is 2. The highest BCUT2D eigenvalue weighted by Crippen LogP contribution is 2.39. The fourth-order valence-electron chi connectivity index (χ4n) is 2.38. The monoisotopic (exact) mass is 295 g/mol. The zero-order valence-electron chi connectivity index (χ0n) is 9.65. The van der Waals surface area contributed by atoms with E-state index in [1.807, 2.05) is 37.3 Å². The van der Waals surface area contributed by atoms with Crippen molar-refractivity contribution in [3.05, 3.63) is 35.9 Å². The van der Waals surface area contributed by atoms with Gasteiger partial charge >= 0.3 is 0 Å². The molecule has 0 radical (unpaired) electrons. The summed E-state index contributed by atoms with van der Waals surface area (Å²) in [6.07, 6.45) is 1.69. The van der Waals surface area contributed by atoms with E-state index in [4.69, 9.17) is 0 Å². The van der Waals surface area contributed by atoms with E-state index in [-0.39, 0.29) is 11.8 Å². The molecule has 4 heteroatoms. The molecule has 1 aromatic rings. The molecule has 0 N–H and O–H groups in total. The molecule has 1 aliphatic rings. The fourth-order valence-corrected chi connectivity index (χ4v) is 2.90. The van der Waals surface area contributed by atoms with E-state index in [1.54, 1.807) is 0 Å². The number of amides is 2. The third-order valence-electron chi connectivity index (χ3n) is 3.50. The van der Waals surface area contributed by atoms with Gasteiger partial charge in [0, 0.05) is 6.42 Å². The summed E-state index contributed by atoms with van der Waals surface area (Å²) in [5, 5.41) is 0. The highest BCUT2D eigenvalue weighted by atomic mass is 79.9. The summed E-state index contributed by atoms with van der Waals surface area (Å²) in [6.45, 7) is 1.99. The van der Waals surface area contributed by atoms with Crippen LogP contribution in [-0.4, -0.2) is 15.7 Å². The van der Waals surface area contributed by atoms with Crippen LogP contribution in [0.4, 0.5) is 0 Å². The predicted octanol–water partition coefficient (Wildman–Crippen LogP) is 2.79. The van der Waals surface area contributed by atoms with Crippen LogP contribution in [0.1, 0.15) is 31.7 Å². The van der Waals surface area contributed by atoms with Crippen LogP contribution >= 0.6 is 16.1 Å². The Hall–Kier alpha value is -1.16. The largest absolute Gasteiger partial charge is 0.274 e. The second-order valence-electron chi connectivity index (χ2n) is 4.28. The van der Waals surface area contributed by atoms with Crippen molar-refractivity contribution in [2.24, 2.45) is 0 Å². The highest BCUT2D eigenvalue weighted by molar-refractivity contribution is 9.08. The average Bonchev–Trinajstić information content (AvgIpc) is 2.38. The maximum atomic E-state index is 12.3. The molecule has 1 atom stereocenters. The van der Waals surface area contributed by atoms with Crippen molar-refractivity contribution in [1.29, 1.82) is 0 Å². The lowest BCUT2D eigenvalue weighted by molar-refractivity contribution is -0.145. The minimum Gasteiger partial charge on any atom is -0.274 e. The lowest BCUT2D eigenvalue weighted by Gasteiger charge is -2.37. The van der Waals surface area contributed by atoms with Gasteiger partial charge in [0.2, 0.25) is 11.8 Å². The second-order valence-corrected chi connectivity index (χ2v) is 4.99. The second kappa shape index (κ2) is 4.61. The molecular weight excluding hydrogens is 282 g/mol. The van der Waals surface area contributed by atoms with Gasteiger partial charge in [-0.05, 0) is 18.4 Å². The molecule has 1 aromatic carbocycles. The van der Waals surface area contributed by atoms with Crippen molar-refractivity contribution in [2.75, 3.05) is 0 Å². The minimum atomic E-state index is -0.557. The van der Waals surface area contributed by atoms with Gasteiger partial charge in [0.15, 0.2) is 0 Å². The van der Waals surface area contributed by atoms with Gasteiger partial charge in [-0.1, -0.05) is 37.3 Å². The van der Waals surface area contributed by atoms with Crippen molar-refractivity contribution in [1.82, 2.24) is 3.93 Å². The summed E-state index contributed by atoms with van der Waals surface area (Å²) >= 11 is 3.07. The molecule has 0 spiro atoms. The van der Waals surface area contributed by atoms with E-state index < -0.39 is 5.41 Å². The van der Waals surface area contributed by atoms with Crippen LogP contribution in [0.2, 0.25) is 0 Å². The lowest BCUT2D eigenvalue weighted by Crippen LogP contribution is -2.49. The standard InChI is InChI=1S/C13H14BrNO2/c1-2-13(10-6-4-3-5-7-10)9-8-11(16)15(14)12(13)17/h3-7H,2,8-9H2,1H3. The number of hydrogen-bond acceptors (Lipinski definition) is 2. The third kappa shape index (κ3) is 1.90. The number of carbonyl (C=O) groups is 2. The van der Waals surface area contributed by atoms with E-state index in [2.05, 4.69) is 16.1 Å². The Morgan fingerprint density at radius 1 is 1.29 bits per heavy atom. The van der Waals surface area contributed by atoms with Crippen LogP contribution < -0.4 is 0 Å². The zero-order chi connectivity index (χ0) is 12.5. The molecule has 90 valence electrons. The highest BCUT2D eigenvalue weighted by Gasteiger charge is 2.46. The van der Waals surface area contributed by atoms with Crippen molar-refractivity contribution >= 4 is 28.0 Å². The third-order valence-corrected chi connectivity index (χ3v) is 4.22. The van der Waals surface area contributed by atoms with E-state index in [0.29, 0.717) is 19.3 Å². The molecule has 1 heterocycles. The number of hydrogen-bond donors (Lipinski definition) is 0. The van der Waals surface area contributed by atoms with E-state index in [9.17, 15) is 9.59 Å². The van der Waals surface area contributed by atoms with E-state index in [0.717, 1.165) is 9.49 Å².